The normalized spacial score (nSPS) is 11.4. The van der Waals surface area contributed by atoms with Crippen molar-refractivity contribution in [1.29, 1.82) is 0 Å². The molecule has 0 atom stereocenters. The van der Waals surface area contributed by atoms with Gasteiger partial charge in [-0.2, -0.15) is 18.2 Å². The largest absolute Gasteiger partial charge is 0.491 e. The molecule has 0 aliphatic heterocycles. The van der Waals surface area contributed by atoms with Gasteiger partial charge in [-0.05, 0) is 45.0 Å². The van der Waals surface area contributed by atoms with E-state index in [0.29, 0.717) is 17.1 Å². The summed E-state index contributed by atoms with van der Waals surface area (Å²) in [6.07, 6.45) is -3.89. The monoisotopic (exact) mass is 402 g/mol. The van der Waals surface area contributed by atoms with E-state index in [0.717, 1.165) is 11.8 Å². The van der Waals surface area contributed by atoms with E-state index in [1.165, 1.54) is 0 Å². The summed E-state index contributed by atoms with van der Waals surface area (Å²) in [5.41, 5.74) is 1.21. The van der Waals surface area contributed by atoms with Crippen LogP contribution in [0.25, 0.3) is 0 Å². The number of alkyl halides is 3. The van der Waals surface area contributed by atoms with Gasteiger partial charge in [-0.15, -0.1) is 0 Å². The van der Waals surface area contributed by atoms with Crippen molar-refractivity contribution in [3.63, 3.8) is 0 Å². The van der Waals surface area contributed by atoms with Crippen LogP contribution in [-0.4, -0.2) is 16.1 Å². The molecule has 5 nitrogen and oxygen atoms in total. The number of halogens is 3. The van der Waals surface area contributed by atoms with Gasteiger partial charge in [0.05, 0.1) is 6.10 Å². The van der Waals surface area contributed by atoms with E-state index in [1.807, 2.05) is 32.9 Å². The number of hydrogen-bond acceptors (Lipinski definition) is 5. The minimum absolute atomic E-state index is 0.0546. The highest BCUT2D eigenvalue weighted by Crippen LogP contribution is 2.35. The number of ether oxygens (including phenoxy) is 1. The summed E-state index contributed by atoms with van der Waals surface area (Å²) < 4.78 is 45.9. The molecule has 0 spiro atoms. The molecule has 1 heterocycles. The van der Waals surface area contributed by atoms with Crippen molar-refractivity contribution in [3.05, 3.63) is 65.9 Å². The molecule has 0 radical (unpaired) electrons. The summed E-state index contributed by atoms with van der Waals surface area (Å²) in [7, 11) is 0. The summed E-state index contributed by atoms with van der Waals surface area (Å²) >= 11 is 0. The Balaban J connectivity index is 1.91. The Morgan fingerprint density at radius 1 is 0.966 bits per heavy atom. The lowest BCUT2D eigenvalue weighted by molar-refractivity contribution is -0.137. The molecule has 0 aliphatic carbocycles. The molecule has 0 saturated heterocycles. The molecular formula is C21H21F3N4O. The minimum Gasteiger partial charge on any atom is -0.491 e. The molecule has 3 rings (SSSR count). The van der Waals surface area contributed by atoms with Crippen LogP contribution in [0.4, 0.5) is 36.3 Å². The molecule has 0 saturated carbocycles. The second-order valence-electron chi connectivity index (χ2n) is 6.76. The summed E-state index contributed by atoms with van der Waals surface area (Å²) in [5, 5.41) is 5.66. The molecule has 2 N–H and O–H groups in total. The third-order valence-electron chi connectivity index (χ3n) is 3.87. The van der Waals surface area contributed by atoms with Crippen molar-refractivity contribution < 1.29 is 17.9 Å². The van der Waals surface area contributed by atoms with Crippen molar-refractivity contribution >= 4 is 23.1 Å². The number of rotatable bonds is 6. The van der Waals surface area contributed by atoms with Crippen LogP contribution >= 0.6 is 0 Å². The van der Waals surface area contributed by atoms with E-state index < -0.39 is 11.7 Å². The quantitative estimate of drug-likeness (QED) is 0.523. The van der Waals surface area contributed by atoms with Crippen LogP contribution in [0.15, 0.2) is 54.7 Å². The predicted octanol–water partition coefficient (Wildman–Crippen LogP) is 6.08. The van der Waals surface area contributed by atoms with Gasteiger partial charge >= 0.3 is 6.18 Å². The van der Waals surface area contributed by atoms with Gasteiger partial charge in [0.25, 0.3) is 0 Å². The molecular weight excluding hydrogens is 381 g/mol. The van der Waals surface area contributed by atoms with Gasteiger partial charge < -0.3 is 15.4 Å². The topological polar surface area (TPSA) is 59.1 Å². The van der Waals surface area contributed by atoms with Crippen LogP contribution in [-0.2, 0) is 6.18 Å². The van der Waals surface area contributed by atoms with Crippen LogP contribution in [0.5, 0.6) is 5.75 Å². The highest BCUT2D eigenvalue weighted by Gasteiger charge is 2.35. The summed E-state index contributed by atoms with van der Waals surface area (Å²) in [4.78, 5) is 7.86. The maximum Gasteiger partial charge on any atom is 0.421 e. The van der Waals surface area contributed by atoms with Crippen LogP contribution in [0, 0.1) is 6.92 Å². The van der Waals surface area contributed by atoms with Gasteiger partial charge in [0.2, 0.25) is 5.95 Å². The predicted molar refractivity (Wildman–Crippen MR) is 107 cm³/mol. The van der Waals surface area contributed by atoms with Gasteiger partial charge in [-0.25, -0.2) is 4.98 Å². The average Bonchev–Trinajstić information content (AvgIpc) is 2.62. The van der Waals surface area contributed by atoms with E-state index in [1.54, 1.807) is 36.4 Å². The Hall–Kier alpha value is -3.29. The zero-order valence-electron chi connectivity index (χ0n) is 16.2. The zero-order chi connectivity index (χ0) is 21.0. The Kier molecular flexibility index (Phi) is 5.91. The SMILES string of the molecule is Cc1ccc(Nc2ncc(C(F)(F)F)c(Nc3cccc(OC(C)C)c3)n2)cc1. The Bertz CT molecular complexity index is 972. The van der Waals surface area contributed by atoms with Crippen LogP contribution in [0.3, 0.4) is 0 Å². The van der Waals surface area contributed by atoms with E-state index >= 15 is 0 Å². The fourth-order valence-electron chi connectivity index (χ4n) is 2.57. The summed E-state index contributed by atoms with van der Waals surface area (Å²) in [5.74, 6) is 0.258. The van der Waals surface area contributed by atoms with E-state index in [9.17, 15) is 13.2 Å². The number of benzene rings is 2. The van der Waals surface area contributed by atoms with Crippen molar-refractivity contribution in [2.45, 2.75) is 33.1 Å². The smallest absolute Gasteiger partial charge is 0.421 e. The van der Waals surface area contributed by atoms with E-state index in [2.05, 4.69) is 20.6 Å². The molecule has 3 aromatic rings. The molecule has 0 amide bonds. The zero-order valence-corrected chi connectivity index (χ0v) is 16.2. The molecule has 29 heavy (non-hydrogen) atoms. The van der Waals surface area contributed by atoms with Crippen molar-refractivity contribution in [3.8, 4) is 5.75 Å². The number of nitrogens with one attached hydrogen (secondary N) is 2. The van der Waals surface area contributed by atoms with Crippen molar-refractivity contribution in [2.24, 2.45) is 0 Å². The average molecular weight is 402 g/mol. The third-order valence-corrected chi connectivity index (χ3v) is 3.87. The van der Waals surface area contributed by atoms with Gasteiger partial charge in [0, 0.05) is 23.6 Å². The highest BCUT2D eigenvalue weighted by molar-refractivity contribution is 5.64. The van der Waals surface area contributed by atoms with Crippen molar-refractivity contribution in [2.75, 3.05) is 10.6 Å². The van der Waals surface area contributed by atoms with Gasteiger partial charge in [0.15, 0.2) is 0 Å². The lowest BCUT2D eigenvalue weighted by Gasteiger charge is -2.16. The minimum atomic E-state index is -4.60. The Labute approximate surface area is 167 Å². The fourth-order valence-corrected chi connectivity index (χ4v) is 2.57. The first-order valence-corrected chi connectivity index (χ1v) is 9.02. The molecule has 1 aromatic heterocycles. The second-order valence-corrected chi connectivity index (χ2v) is 6.76. The standard InChI is InChI=1S/C21H21F3N4O/c1-13(2)29-17-6-4-5-16(11-17)26-19-18(21(22,23)24)12-25-20(28-19)27-15-9-7-14(3)8-10-15/h4-13H,1-3H3,(H2,25,26,27,28). The summed E-state index contributed by atoms with van der Waals surface area (Å²) in [6, 6.07) is 14.1. The Morgan fingerprint density at radius 2 is 1.69 bits per heavy atom. The lowest BCUT2D eigenvalue weighted by atomic mass is 10.2. The number of aromatic nitrogens is 2. The molecule has 0 bridgehead atoms. The van der Waals surface area contributed by atoms with Gasteiger partial charge in [0.1, 0.15) is 17.1 Å². The maximum atomic E-state index is 13.4. The van der Waals surface area contributed by atoms with Crippen LogP contribution < -0.4 is 15.4 Å². The third kappa shape index (κ3) is 5.60. The Morgan fingerprint density at radius 3 is 2.34 bits per heavy atom. The first kappa shape index (κ1) is 20.4. The maximum absolute atomic E-state index is 13.4. The van der Waals surface area contributed by atoms with E-state index in [4.69, 9.17) is 4.74 Å². The number of anilines is 4. The first-order valence-electron chi connectivity index (χ1n) is 9.02. The van der Waals surface area contributed by atoms with Crippen LogP contribution in [0.1, 0.15) is 25.0 Å². The lowest BCUT2D eigenvalue weighted by Crippen LogP contribution is -2.12. The number of hydrogen-bond donors (Lipinski definition) is 2. The molecule has 2 aromatic carbocycles. The van der Waals surface area contributed by atoms with Crippen LogP contribution in [0.2, 0.25) is 0 Å². The highest BCUT2D eigenvalue weighted by atomic mass is 19.4. The van der Waals surface area contributed by atoms with Gasteiger partial charge in [-0.1, -0.05) is 23.8 Å². The number of nitrogens with zero attached hydrogens (tertiary/aromatic N) is 2. The summed E-state index contributed by atoms with van der Waals surface area (Å²) in [6.45, 7) is 5.68. The fraction of sp³-hybridized carbons (Fsp3) is 0.238. The molecule has 0 fully saturated rings. The van der Waals surface area contributed by atoms with Crippen molar-refractivity contribution in [1.82, 2.24) is 9.97 Å². The second kappa shape index (κ2) is 8.38. The molecule has 8 heteroatoms. The first-order chi connectivity index (χ1) is 13.7. The van der Waals surface area contributed by atoms with Gasteiger partial charge in [-0.3, -0.25) is 0 Å². The number of aryl methyl sites for hydroxylation is 1. The molecule has 152 valence electrons. The van der Waals surface area contributed by atoms with E-state index in [-0.39, 0.29) is 17.9 Å². The molecule has 0 aliphatic rings. The molecule has 0 unspecified atom stereocenters.